The Morgan fingerprint density at radius 1 is 0.961 bits per heavy atom. The molecule has 4 atom stereocenters. The highest BCUT2D eigenvalue weighted by Gasteiger charge is 2.61. The molecule has 0 heterocycles. The molecule has 2 aromatic carbocycles. The Hall–Kier alpha value is -4.59. The quantitative estimate of drug-likeness (QED) is 0.170. The Morgan fingerprint density at radius 2 is 1.65 bits per heavy atom. The number of alkyl carbamates (subject to hydrolysis) is 1. The van der Waals surface area contributed by atoms with Crippen molar-refractivity contribution in [1.29, 1.82) is 0 Å². The maximum absolute atomic E-state index is 14.0. The summed E-state index contributed by atoms with van der Waals surface area (Å²) in [5.41, 5.74) is 0.216. The molecule has 5 N–H and O–H groups in total. The summed E-state index contributed by atoms with van der Waals surface area (Å²) in [6, 6.07) is 12.8. The predicted octanol–water partition coefficient (Wildman–Crippen LogP) is 4.01. The molecule has 0 spiro atoms. The summed E-state index contributed by atoms with van der Waals surface area (Å²) in [5, 5.41) is 10.7. The van der Waals surface area contributed by atoms with E-state index in [-0.39, 0.29) is 19.1 Å². The van der Waals surface area contributed by atoms with Crippen LogP contribution >= 0.6 is 0 Å². The van der Waals surface area contributed by atoms with Gasteiger partial charge in [-0.25, -0.2) is 13.2 Å². The fourth-order valence-electron chi connectivity index (χ4n) is 6.28. The first-order valence-corrected chi connectivity index (χ1v) is 19.0. The molecule has 51 heavy (non-hydrogen) atoms. The molecule has 3 aliphatic carbocycles. The Bertz CT molecular complexity index is 1730. The van der Waals surface area contributed by atoms with E-state index in [1.807, 2.05) is 48.5 Å². The number of carbonyl (C=O) groups is 4. The molecule has 0 radical (unpaired) electrons. The van der Waals surface area contributed by atoms with Crippen LogP contribution in [0.15, 0.2) is 61.2 Å². The third-order valence-electron chi connectivity index (χ3n) is 9.65. The van der Waals surface area contributed by atoms with Crippen molar-refractivity contribution in [3.63, 3.8) is 0 Å². The van der Waals surface area contributed by atoms with Gasteiger partial charge in [-0.3, -0.25) is 19.1 Å². The second kappa shape index (κ2) is 15.3. The van der Waals surface area contributed by atoms with Crippen LogP contribution in [0.25, 0.3) is 11.1 Å². The predicted molar refractivity (Wildman–Crippen MR) is 193 cm³/mol. The van der Waals surface area contributed by atoms with Gasteiger partial charge in [0.25, 0.3) is 5.91 Å². The van der Waals surface area contributed by atoms with Gasteiger partial charge in [0, 0.05) is 18.2 Å². The first-order valence-electron chi connectivity index (χ1n) is 17.4. The smallest absolute Gasteiger partial charge is 0.408 e. The zero-order valence-electron chi connectivity index (χ0n) is 29.6. The standard InChI is InChI=1S/C37H49N5O8S/c1-6-25-21-37(25,34(45)42-51(47,48)29-18-19-29)41-32(43)30(22-38-26-16-14-23(15-17-26)24-10-9-13-28(20-24)49-5)39-33(44)31(36(2,3)4)40-35(46)50-27-11-7-8-12-27/h6,9-10,13-17,20,25,27,29-31,38H,1,7-8,11-12,18-19,21-22H2,2-5H3,(H,39,44)(H,40,46)(H,41,43)(H,42,45)/t25-,30+,31-,37-/m1/s1. The molecule has 0 bridgehead atoms. The minimum atomic E-state index is -3.88. The Balaban J connectivity index is 1.34. The summed E-state index contributed by atoms with van der Waals surface area (Å²) in [4.78, 5) is 54.1. The van der Waals surface area contributed by atoms with Crippen LogP contribution in [0.3, 0.4) is 0 Å². The van der Waals surface area contributed by atoms with Gasteiger partial charge in [-0.1, -0.05) is 51.1 Å². The molecule has 276 valence electrons. The van der Waals surface area contributed by atoms with Gasteiger partial charge in [-0.05, 0) is 85.8 Å². The molecule has 0 aromatic heterocycles. The van der Waals surface area contributed by atoms with Crippen LogP contribution in [-0.4, -0.2) is 74.9 Å². The second-order valence-electron chi connectivity index (χ2n) is 14.7. The van der Waals surface area contributed by atoms with Crippen molar-refractivity contribution in [1.82, 2.24) is 20.7 Å². The van der Waals surface area contributed by atoms with E-state index in [2.05, 4.69) is 32.6 Å². The van der Waals surface area contributed by atoms with Gasteiger partial charge >= 0.3 is 6.09 Å². The lowest BCUT2D eigenvalue weighted by atomic mass is 9.86. The van der Waals surface area contributed by atoms with Crippen LogP contribution in [0.2, 0.25) is 0 Å². The van der Waals surface area contributed by atoms with Crippen molar-refractivity contribution >= 4 is 39.5 Å². The van der Waals surface area contributed by atoms with E-state index >= 15 is 0 Å². The molecule has 5 rings (SSSR count). The lowest BCUT2D eigenvalue weighted by Gasteiger charge is -2.32. The fraction of sp³-hybridized carbons (Fsp3) is 0.514. The van der Waals surface area contributed by atoms with Gasteiger partial charge in [0.1, 0.15) is 29.5 Å². The Morgan fingerprint density at radius 3 is 2.24 bits per heavy atom. The Kier molecular flexibility index (Phi) is 11.3. The monoisotopic (exact) mass is 723 g/mol. The summed E-state index contributed by atoms with van der Waals surface area (Å²) < 4.78 is 38.3. The van der Waals surface area contributed by atoms with Crippen LogP contribution in [-0.2, 0) is 29.1 Å². The molecular weight excluding hydrogens is 675 g/mol. The third kappa shape index (κ3) is 9.40. The van der Waals surface area contributed by atoms with Crippen molar-refractivity contribution in [2.75, 3.05) is 19.0 Å². The number of hydrogen-bond donors (Lipinski definition) is 5. The van der Waals surface area contributed by atoms with E-state index in [0.29, 0.717) is 18.5 Å². The van der Waals surface area contributed by atoms with Crippen LogP contribution < -0.4 is 30.7 Å². The summed E-state index contributed by atoms with van der Waals surface area (Å²) >= 11 is 0. The molecule has 3 fully saturated rings. The van der Waals surface area contributed by atoms with E-state index in [9.17, 15) is 27.6 Å². The molecule has 13 nitrogen and oxygen atoms in total. The summed E-state index contributed by atoms with van der Waals surface area (Å²) in [6.07, 6.45) is 5.09. The number of carbonyl (C=O) groups excluding carboxylic acids is 4. The van der Waals surface area contributed by atoms with Gasteiger partial charge in [0.15, 0.2) is 0 Å². The third-order valence-corrected chi connectivity index (χ3v) is 11.5. The first-order chi connectivity index (χ1) is 24.1. The summed E-state index contributed by atoms with van der Waals surface area (Å²) in [6.45, 7) is 8.99. The van der Waals surface area contributed by atoms with E-state index in [1.165, 1.54) is 6.08 Å². The molecule has 0 saturated heterocycles. The number of sulfonamides is 1. The van der Waals surface area contributed by atoms with E-state index in [4.69, 9.17) is 9.47 Å². The largest absolute Gasteiger partial charge is 0.497 e. The highest BCUT2D eigenvalue weighted by atomic mass is 32.2. The number of ether oxygens (including phenoxy) is 2. The van der Waals surface area contributed by atoms with Gasteiger partial charge < -0.3 is 30.7 Å². The van der Waals surface area contributed by atoms with Crippen molar-refractivity contribution in [3.05, 3.63) is 61.2 Å². The minimum Gasteiger partial charge on any atom is -0.497 e. The molecule has 3 aliphatic rings. The fourth-order valence-corrected chi connectivity index (χ4v) is 7.64. The number of methoxy groups -OCH3 is 1. The van der Waals surface area contributed by atoms with E-state index < -0.39 is 68.0 Å². The average molecular weight is 724 g/mol. The van der Waals surface area contributed by atoms with Gasteiger partial charge in [-0.2, -0.15) is 0 Å². The topological polar surface area (TPSA) is 181 Å². The maximum Gasteiger partial charge on any atom is 0.408 e. The number of benzene rings is 2. The lowest BCUT2D eigenvalue weighted by molar-refractivity contribution is -0.133. The zero-order chi connectivity index (χ0) is 37.0. The number of rotatable bonds is 15. The number of amides is 4. The van der Waals surface area contributed by atoms with Crippen LogP contribution in [0.1, 0.15) is 65.7 Å². The van der Waals surface area contributed by atoms with Gasteiger partial charge in [0.2, 0.25) is 21.8 Å². The average Bonchev–Trinajstić information content (AvgIpc) is 4.02. The number of anilines is 1. The van der Waals surface area contributed by atoms with E-state index in [1.54, 1.807) is 27.9 Å². The molecule has 14 heteroatoms. The van der Waals surface area contributed by atoms with Crippen LogP contribution in [0.4, 0.5) is 10.5 Å². The molecule has 2 aromatic rings. The Labute approximate surface area is 299 Å². The highest BCUT2D eigenvalue weighted by Crippen LogP contribution is 2.45. The summed E-state index contributed by atoms with van der Waals surface area (Å²) in [5.74, 6) is -1.98. The van der Waals surface area contributed by atoms with E-state index in [0.717, 1.165) is 42.6 Å². The zero-order valence-corrected chi connectivity index (χ0v) is 30.4. The molecule has 0 unspecified atom stereocenters. The second-order valence-corrected chi connectivity index (χ2v) is 16.6. The van der Waals surface area contributed by atoms with Crippen molar-refractivity contribution in [2.45, 2.75) is 94.7 Å². The summed E-state index contributed by atoms with van der Waals surface area (Å²) in [7, 11) is -2.28. The van der Waals surface area contributed by atoms with Crippen LogP contribution in [0, 0.1) is 11.3 Å². The number of hydrogen-bond acceptors (Lipinski definition) is 9. The number of nitrogens with one attached hydrogen (secondary N) is 5. The van der Waals surface area contributed by atoms with Crippen molar-refractivity contribution in [3.8, 4) is 16.9 Å². The molecular formula is C37H49N5O8S. The SMILES string of the molecule is C=C[C@@H]1C[C@]1(NC(=O)[C@H](CNc1ccc(-c2cccc(OC)c2)cc1)NC(=O)[C@@H](NC(=O)OC1CCCC1)C(C)(C)C)C(=O)NS(=O)(=O)C1CC1. The normalized spacial score (nSPS) is 21.4. The maximum atomic E-state index is 14.0. The molecule has 3 saturated carbocycles. The molecule has 4 amide bonds. The highest BCUT2D eigenvalue weighted by molar-refractivity contribution is 7.91. The lowest BCUT2D eigenvalue weighted by Crippen LogP contribution is -2.62. The van der Waals surface area contributed by atoms with Gasteiger partial charge in [-0.15, -0.1) is 6.58 Å². The first kappa shape index (κ1) is 37.7. The van der Waals surface area contributed by atoms with Crippen LogP contribution in [0.5, 0.6) is 5.75 Å². The van der Waals surface area contributed by atoms with Gasteiger partial charge in [0.05, 0.1) is 12.4 Å². The molecule has 0 aliphatic heterocycles. The van der Waals surface area contributed by atoms with Crippen molar-refractivity contribution < 1.29 is 37.1 Å². The van der Waals surface area contributed by atoms with Crippen molar-refractivity contribution in [2.24, 2.45) is 11.3 Å². The minimum absolute atomic E-state index is 0.101.